The van der Waals surface area contributed by atoms with Crippen molar-refractivity contribution in [2.24, 2.45) is 16.7 Å². The second-order valence-electron chi connectivity index (χ2n) is 20.4. The van der Waals surface area contributed by atoms with Crippen molar-refractivity contribution in [3.63, 3.8) is 0 Å². The van der Waals surface area contributed by atoms with Gasteiger partial charge in [0.05, 0.1) is 29.6 Å². The first-order valence-corrected chi connectivity index (χ1v) is 25.3. The molecule has 0 spiro atoms. The number of benzene rings is 3. The first kappa shape index (κ1) is 57.8. The predicted molar refractivity (Wildman–Crippen MR) is 268 cm³/mol. The van der Waals surface area contributed by atoms with E-state index < -0.39 is 144 Å². The topological polar surface area (TPSA) is 295 Å². The summed E-state index contributed by atoms with van der Waals surface area (Å²) in [5, 5.41) is 41.3. The highest BCUT2D eigenvalue weighted by molar-refractivity contribution is 5.96. The van der Waals surface area contributed by atoms with E-state index in [1.54, 1.807) is 73.7 Å². The minimum Gasteiger partial charge on any atom is -0.455 e. The second-order valence-corrected chi connectivity index (χ2v) is 20.4. The molecule has 3 aliphatic carbocycles. The van der Waals surface area contributed by atoms with Gasteiger partial charge in [0.15, 0.2) is 23.8 Å². The average molecular weight is 1070 g/mol. The third kappa shape index (κ3) is 11.7. The van der Waals surface area contributed by atoms with Crippen LogP contribution in [0, 0.1) is 16.7 Å². The molecule has 3 unspecified atom stereocenters. The zero-order valence-electron chi connectivity index (χ0n) is 43.9. The quantitative estimate of drug-likeness (QED) is 0.0470. The molecule has 7 rings (SSSR count). The number of esters is 5. The minimum absolute atomic E-state index is 0.0144. The fourth-order valence-corrected chi connectivity index (χ4v) is 11.3. The number of fused-ring (bicyclic) bond motifs is 5. The zero-order valence-corrected chi connectivity index (χ0v) is 43.9. The summed E-state index contributed by atoms with van der Waals surface area (Å²) in [4.78, 5) is 112. The number of carbonyl (C=O) groups excluding carboxylic acids is 8. The molecule has 3 aromatic rings. The maximum Gasteiger partial charge on any atom is 0.350 e. The van der Waals surface area contributed by atoms with Gasteiger partial charge in [0.2, 0.25) is 12.0 Å². The molecule has 12 atom stereocenters. The predicted octanol–water partition coefficient (Wildman–Crippen LogP) is 3.16. The lowest BCUT2D eigenvalue weighted by Gasteiger charge is -2.67. The van der Waals surface area contributed by atoms with E-state index in [9.17, 15) is 44.1 Å². The Morgan fingerprint density at radius 2 is 1.45 bits per heavy atom. The van der Waals surface area contributed by atoms with Gasteiger partial charge in [0.25, 0.3) is 5.91 Å². The lowest BCUT2D eigenvalue weighted by Crippen LogP contribution is -2.82. The Hall–Kier alpha value is -6.88. The summed E-state index contributed by atoms with van der Waals surface area (Å²) in [6.45, 7) is 8.10. The molecule has 2 bridgehead atoms. The number of ether oxygens (including phenoxy) is 8. The molecular formula is C56H66N2O19. The van der Waals surface area contributed by atoms with E-state index in [1.165, 1.54) is 52.0 Å². The van der Waals surface area contributed by atoms with Gasteiger partial charge in [0.1, 0.15) is 43.2 Å². The fourth-order valence-electron chi connectivity index (χ4n) is 11.3. The Balaban J connectivity index is 1.34. The van der Waals surface area contributed by atoms with Gasteiger partial charge < -0.3 is 63.8 Å². The van der Waals surface area contributed by atoms with Crippen LogP contribution in [-0.4, -0.2) is 150 Å². The average Bonchev–Trinajstić information content (AvgIpc) is 3.39. The van der Waals surface area contributed by atoms with E-state index in [0.29, 0.717) is 0 Å². The number of rotatable bonds is 20. The highest BCUT2D eigenvalue weighted by atomic mass is 16.6. The lowest BCUT2D eigenvalue weighted by atomic mass is 9.44. The van der Waals surface area contributed by atoms with Gasteiger partial charge in [-0.3, -0.25) is 24.0 Å². The van der Waals surface area contributed by atoms with Crippen molar-refractivity contribution in [2.45, 2.75) is 128 Å². The number of amides is 2. The normalized spacial score (nSPS) is 28.2. The molecule has 0 radical (unpaired) electrons. The van der Waals surface area contributed by atoms with Crippen LogP contribution in [0.2, 0.25) is 0 Å². The molecule has 21 nitrogen and oxygen atoms in total. The Morgan fingerprint density at radius 3 is 2.04 bits per heavy atom. The maximum atomic E-state index is 15.8. The first-order valence-electron chi connectivity index (χ1n) is 25.3. The molecule has 3 aromatic carbocycles. The van der Waals surface area contributed by atoms with Gasteiger partial charge in [-0.05, 0) is 61.7 Å². The number of nitrogens with one attached hydrogen (secondary N) is 2. The van der Waals surface area contributed by atoms with E-state index in [-0.39, 0.29) is 60.4 Å². The van der Waals surface area contributed by atoms with Crippen LogP contribution in [0.4, 0.5) is 0 Å². The van der Waals surface area contributed by atoms with Gasteiger partial charge >= 0.3 is 29.8 Å². The van der Waals surface area contributed by atoms with E-state index in [0.717, 1.165) is 13.8 Å². The number of aliphatic hydroxyl groups is 3. The molecule has 3 fully saturated rings. The summed E-state index contributed by atoms with van der Waals surface area (Å²) >= 11 is 0. The smallest absolute Gasteiger partial charge is 0.350 e. The fraction of sp³-hybridized carbons (Fsp3) is 0.500. The van der Waals surface area contributed by atoms with Crippen molar-refractivity contribution in [3.8, 4) is 0 Å². The van der Waals surface area contributed by atoms with Crippen LogP contribution >= 0.6 is 0 Å². The van der Waals surface area contributed by atoms with Crippen molar-refractivity contribution in [2.75, 3.05) is 33.0 Å². The highest BCUT2D eigenvalue weighted by Crippen LogP contribution is 2.64. The largest absolute Gasteiger partial charge is 0.455 e. The Labute approximate surface area is 444 Å². The second kappa shape index (κ2) is 23.8. The Morgan fingerprint density at radius 1 is 0.831 bits per heavy atom. The molecule has 4 aliphatic rings. The summed E-state index contributed by atoms with van der Waals surface area (Å²) in [6, 6.07) is 22.1. The highest BCUT2D eigenvalue weighted by Gasteiger charge is 2.78. The van der Waals surface area contributed by atoms with Crippen molar-refractivity contribution in [3.05, 3.63) is 119 Å². The molecule has 77 heavy (non-hydrogen) atoms. The van der Waals surface area contributed by atoms with Crippen molar-refractivity contribution in [1.82, 2.24) is 10.6 Å². The Bertz CT molecular complexity index is 2720. The SMILES string of the molecule is CCOC(O)CCNC(=O)COCC(=O)O[C@@H](C(=O)O[C@H]1C[C@@]2(O)[C@@H](OC(=O)c3ccccc3)C3[C@](C)(C(=O)[C@H](OC(C)=O)C(=C1C)C2(C)C)[C@@H](O)C[C@H]1OC[C@@]31OC(C)=O)C(NC(=O)c1ccccc1)c1ccccc1. The molecule has 1 aliphatic heterocycles. The molecular weight excluding hydrogens is 1000 g/mol. The summed E-state index contributed by atoms with van der Waals surface area (Å²) in [7, 11) is 0. The summed E-state index contributed by atoms with van der Waals surface area (Å²) in [6.07, 6.45) is -12.3. The Kier molecular flexibility index (Phi) is 17.9. The van der Waals surface area contributed by atoms with Gasteiger partial charge in [-0.1, -0.05) is 80.6 Å². The van der Waals surface area contributed by atoms with Crippen LogP contribution in [0.3, 0.4) is 0 Å². The number of ketones is 1. The van der Waals surface area contributed by atoms with Gasteiger partial charge in [-0.2, -0.15) is 0 Å². The summed E-state index contributed by atoms with van der Waals surface area (Å²) < 4.78 is 47.1. The third-order valence-corrected chi connectivity index (χ3v) is 15.2. The minimum atomic E-state index is -2.52. The standard InChI is InChI=1S/C56H66N2O19/c1-8-71-41(63)24-25-57-40(62)28-70-29-42(64)75-46(44(34-18-12-9-13-19-34)58-50(66)35-20-14-10-15-21-35)52(68)74-37-27-56(69)49(76-51(67)36-22-16-11-17-23-36)47-54(7,38(61)26-39-55(47,30-72-39)77-33(4)60)48(65)45(73-32(3)59)43(31(37)2)53(56,5)6/h9-23,37-39,41,44-47,49,61,63,69H,8,24-30H2,1-7H3,(H,57,62)(H,58,66)/t37-,38-,39+,41?,44?,45+,46+,47?,49-,54+,55-,56+/m0/s1. The van der Waals surface area contributed by atoms with Crippen LogP contribution in [0.25, 0.3) is 0 Å². The number of aliphatic hydroxyl groups excluding tert-OH is 2. The summed E-state index contributed by atoms with van der Waals surface area (Å²) in [5.74, 6) is -9.20. The van der Waals surface area contributed by atoms with E-state index in [2.05, 4.69) is 10.6 Å². The maximum absolute atomic E-state index is 15.8. The van der Waals surface area contributed by atoms with E-state index in [4.69, 9.17) is 37.9 Å². The molecule has 21 heteroatoms. The molecule has 414 valence electrons. The number of Topliss-reactive ketones (excluding diaryl/α,β-unsaturated/α-hetero) is 1. The number of hydrogen-bond acceptors (Lipinski definition) is 19. The van der Waals surface area contributed by atoms with Crippen LogP contribution in [0.15, 0.2) is 102 Å². The molecule has 2 saturated carbocycles. The van der Waals surface area contributed by atoms with Crippen molar-refractivity contribution in [1.29, 1.82) is 0 Å². The van der Waals surface area contributed by atoms with Crippen LogP contribution in [0.1, 0.15) is 100 Å². The number of hydrogen-bond donors (Lipinski definition) is 5. The van der Waals surface area contributed by atoms with E-state index in [1.807, 2.05) is 0 Å². The first-order chi connectivity index (χ1) is 36.5. The van der Waals surface area contributed by atoms with Crippen molar-refractivity contribution < 1.29 is 91.6 Å². The molecule has 2 amide bonds. The van der Waals surface area contributed by atoms with Gasteiger partial charge in [-0.25, -0.2) is 14.4 Å². The van der Waals surface area contributed by atoms with Crippen LogP contribution in [0.5, 0.6) is 0 Å². The zero-order chi connectivity index (χ0) is 56.0. The monoisotopic (exact) mass is 1070 g/mol. The molecule has 5 N–H and O–H groups in total. The van der Waals surface area contributed by atoms with Crippen molar-refractivity contribution >= 4 is 47.4 Å². The van der Waals surface area contributed by atoms with Gasteiger partial charge in [-0.15, -0.1) is 0 Å². The molecule has 1 saturated heterocycles. The third-order valence-electron chi connectivity index (χ3n) is 15.2. The lowest BCUT2D eigenvalue weighted by molar-refractivity contribution is -0.346. The molecule has 0 aromatic heterocycles. The van der Waals surface area contributed by atoms with Crippen LogP contribution < -0.4 is 10.6 Å². The van der Waals surface area contributed by atoms with Gasteiger partial charge in [0, 0.05) is 57.2 Å². The van der Waals surface area contributed by atoms with E-state index >= 15 is 9.59 Å². The van der Waals surface area contributed by atoms with Crippen LogP contribution in [-0.2, 0) is 66.7 Å². The number of carbonyl (C=O) groups is 8. The summed E-state index contributed by atoms with van der Waals surface area (Å²) in [5.41, 5.74) is -7.87. The molecule has 1 heterocycles.